The largest absolute Gasteiger partial charge is 0.432 e. The minimum atomic E-state index is -0.574. The van der Waals surface area contributed by atoms with E-state index in [1.165, 1.54) is 0 Å². The van der Waals surface area contributed by atoms with E-state index >= 15 is 0 Å². The van der Waals surface area contributed by atoms with Gasteiger partial charge in [0.05, 0.1) is 12.2 Å². The van der Waals surface area contributed by atoms with Crippen molar-refractivity contribution >= 4 is 28.6 Å². The van der Waals surface area contributed by atoms with Gasteiger partial charge in [-0.15, -0.1) is 0 Å². The van der Waals surface area contributed by atoms with E-state index in [1.807, 2.05) is 19.1 Å². The van der Waals surface area contributed by atoms with Gasteiger partial charge >= 0.3 is 5.97 Å². The summed E-state index contributed by atoms with van der Waals surface area (Å²) in [6.07, 6.45) is -0.574. The highest BCUT2D eigenvalue weighted by Gasteiger charge is 2.14. The summed E-state index contributed by atoms with van der Waals surface area (Å²) in [4.78, 5) is 11.8. The zero-order valence-corrected chi connectivity index (χ0v) is 12.1. The lowest BCUT2D eigenvalue weighted by Crippen LogP contribution is -2.19. The molecule has 0 amide bonds. The average Bonchev–Trinajstić information content (AvgIpc) is 2.26. The Kier molecular flexibility index (Phi) is 5.64. The number of rotatable bonds is 5. The molecule has 17 heavy (non-hydrogen) atoms. The number of hydrogen-bond donors (Lipinski definition) is 0. The molecule has 0 heterocycles. The van der Waals surface area contributed by atoms with E-state index in [0.29, 0.717) is 12.2 Å². The van der Waals surface area contributed by atoms with E-state index in [1.54, 1.807) is 19.1 Å². The highest BCUT2D eigenvalue weighted by molar-refractivity contribution is 14.1. The molecule has 4 heteroatoms. The molecule has 1 unspecified atom stereocenters. The summed E-state index contributed by atoms with van der Waals surface area (Å²) in [5.41, 5.74) is 1.45. The summed E-state index contributed by atoms with van der Waals surface area (Å²) in [7, 11) is 0. The van der Waals surface area contributed by atoms with Gasteiger partial charge in [0.15, 0.2) is 0 Å². The van der Waals surface area contributed by atoms with Gasteiger partial charge in [0, 0.05) is 3.57 Å². The van der Waals surface area contributed by atoms with Gasteiger partial charge in [0.2, 0.25) is 6.29 Å². The van der Waals surface area contributed by atoms with Crippen LogP contribution in [0.3, 0.4) is 0 Å². The number of esters is 1. The molecule has 0 radical (unpaired) electrons. The molecule has 0 aromatic heterocycles. The van der Waals surface area contributed by atoms with Crippen molar-refractivity contribution in [3.05, 3.63) is 45.6 Å². The van der Waals surface area contributed by atoms with Crippen molar-refractivity contribution in [3.63, 3.8) is 0 Å². The lowest BCUT2D eigenvalue weighted by Gasteiger charge is -2.14. The van der Waals surface area contributed by atoms with E-state index in [4.69, 9.17) is 9.47 Å². The van der Waals surface area contributed by atoms with Crippen LogP contribution in [-0.2, 0) is 9.47 Å². The molecule has 3 nitrogen and oxygen atoms in total. The molecule has 0 spiro atoms. The maximum Gasteiger partial charge on any atom is 0.341 e. The van der Waals surface area contributed by atoms with Gasteiger partial charge in [-0.05, 0) is 48.6 Å². The van der Waals surface area contributed by atoms with Gasteiger partial charge in [-0.2, -0.15) is 0 Å². The smallest absolute Gasteiger partial charge is 0.341 e. The Hall–Kier alpha value is -0.880. The third-order valence-corrected chi connectivity index (χ3v) is 2.87. The zero-order chi connectivity index (χ0) is 12.8. The van der Waals surface area contributed by atoms with Gasteiger partial charge in [0.25, 0.3) is 0 Å². The van der Waals surface area contributed by atoms with Crippen molar-refractivity contribution in [3.8, 4) is 0 Å². The Morgan fingerprint density at radius 3 is 2.71 bits per heavy atom. The first kappa shape index (κ1) is 14.2. The quantitative estimate of drug-likeness (QED) is 0.355. The fourth-order valence-corrected chi connectivity index (χ4v) is 1.74. The van der Waals surface area contributed by atoms with Gasteiger partial charge in [0.1, 0.15) is 0 Å². The molecule has 0 N–H and O–H groups in total. The fraction of sp³-hybridized carbons (Fsp3) is 0.308. The van der Waals surface area contributed by atoms with Crippen LogP contribution in [-0.4, -0.2) is 18.9 Å². The first-order chi connectivity index (χ1) is 8.00. The predicted octanol–water partition coefficient (Wildman–Crippen LogP) is 3.39. The van der Waals surface area contributed by atoms with E-state index < -0.39 is 6.29 Å². The second-order valence-corrected chi connectivity index (χ2v) is 4.88. The van der Waals surface area contributed by atoms with Crippen LogP contribution in [0.4, 0.5) is 0 Å². The lowest BCUT2D eigenvalue weighted by atomic mass is 10.2. The lowest BCUT2D eigenvalue weighted by molar-refractivity contribution is -0.0911. The first-order valence-corrected chi connectivity index (χ1v) is 6.30. The van der Waals surface area contributed by atoms with Crippen molar-refractivity contribution in [2.24, 2.45) is 0 Å². The molecule has 0 aliphatic rings. The summed E-state index contributed by atoms with van der Waals surface area (Å²) in [6, 6.07) is 7.27. The third-order valence-electron chi connectivity index (χ3n) is 1.93. The van der Waals surface area contributed by atoms with Crippen LogP contribution in [0.5, 0.6) is 0 Å². The maximum atomic E-state index is 11.8. The topological polar surface area (TPSA) is 35.5 Å². The molecule has 0 bridgehead atoms. The zero-order valence-electron chi connectivity index (χ0n) is 9.90. The molecule has 1 rings (SSSR count). The summed E-state index contributed by atoms with van der Waals surface area (Å²) in [6.45, 7) is 7.65. The van der Waals surface area contributed by atoms with Gasteiger partial charge < -0.3 is 9.47 Å². The standard InChI is InChI=1S/C13H15IO3/c1-9(2)8-16-10(3)17-13(15)11-6-4-5-7-12(11)14/h4-7,10H,1,8H2,2-3H3. The predicted molar refractivity (Wildman–Crippen MR) is 74.8 cm³/mol. The minimum absolute atomic E-state index is 0.371. The summed E-state index contributed by atoms with van der Waals surface area (Å²) >= 11 is 2.10. The molecular weight excluding hydrogens is 331 g/mol. The Bertz CT molecular complexity index is 415. The van der Waals surface area contributed by atoms with E-state index in [9.17, 15) is 4.79 Å². The van der Waals surface area contributed by atoms with Crippen LogP contribution >= 0.6 is 22.6 Å². The van der Waals surface area contributed by atoms with Crippen LogP contribution in [0.25, 0.3) is 0 Å². The Labute approximate surface area is 115 Å². The second kappa shape index (κ2) is 6.76. The van der Waals surface area contributed by atoms with Gasteiger partial charge in [-0.25, -0.2) is 4.79 Å². The number of hydrogen-bond acceptors (Lipinski definition) is 3. The van der Waals surface area contributed by atoms with Crippen molar-refractivity contribution < 1.29 is 14.3 Å². The van der Waals surface area contributed by atoms with Gasteiger partial charge in [-0.1, -0.05) is 24.3 Å². The number of benzene rings is 1. The Balaban J connectivity index is 2.55. The summed E-state index contributed by atoms with van der Waals surface area (Å²) < 4.78 is 11.3. The highest BCUT2D eigenvalue weighted by atomic mass is 127. The van der Waals surface area contributed by atoms with Crippen molar-refractivity contribution in [2.75, 3.05) is 6.61 Å². The molecule has 1 aromatic carbocycles. The van der Waals surface area contributed by atoms with Crippen LogP contribution in [0.2, 0.25) is 0 Å². The summed E-state index contributed by atoms with van der Waals surface area (Å²) in [5, 5.41) is 0. The summed E-state index contributed by atoms with van der Waals surface area (Å²) in [5.74, 6) is -0.371. The van der Waals surface area contributed by atoms with E-state index in [-0.39, 0.29) is 5.97 Å². The van der Waals surface area contributed by atoms with Crippen molar-refractivity contribution in [1.29, 1.82) is 0 Å². The van der Waals surface area contributed by atoms with Crippen molar-refractivity contribution in [1.82, 2.24) is 0 Å². The SMILES string of the molecule is C=C(C)COC(C)OC(=O)c1ccccc1I. The first-order valence-electron chi connectivity index (χ1n) is 5.22. The molecule has 0 aliphatic heterocycles. The van der Waals surface area contributed by atoms with Crippen LogP contribution < -0.4 is 0 Å². The van der Waals surface area contributed by atoms with Crippen LogP contribution in [0.15, 0.2) is 36.4 Å². The number of carbonyl (C=O) groups excluding carboxylic acids is 1. The van der Waals surface area contributed by atoms with Crippen LogP contribution in [0, 0.1) is 3.57 Å². The Morgan fingerprint density at radius 2 is 2.12 bits per heavy atom. The molecule has 0 fully saturated rings. The number of carbonyl (C=O) groups is 1. The molecule has 92 valence electrons. The van der Waals surface area contributed by atoms with Gasteiger partial charge in [-0.3, -0.25) is 0 Å². The minimum Gasteiger partial charge on any atom is -0.432 e. The highest BCUT2D eigenvalue weighted by Crippen LogP contribution is 2.13. The van der Waals surface area contributed by atoms with Crippen molar-refractivity contribution in [2.45, 2.75) is 20.1 Å². The normalized spacial score (nSPS) is 11.9. The molecule has 1 aromatic rings. The third kappa shape index (κ3) is 4.87. The second-order valence-electron chi connectivity index (χ2n) is 3.72. The average molecular weight is 346 g/mol. The molecule has 0 aliphatic carbocycles. The molecule has 0 saturated heterocycles. The van der Waals surface area contributed by atoms with E-state index in [2.05, 4.69) is 29.2 Å². The maximum absolute atomic E-state index is 11.8. The molecule has 1 atom stereocenters. The number of ether oxygens (including phenoxy) is 2. The number of halogens is 1. The van der Waals surface area contributed by atoms with E-state index in [0.717, 1.165) is 9.14 Å². The molecule has 0 saturated carbocycles. The monoisotopic (exact) mass is 346 g/mol. The van der Waals surface area contributed by atoms with Crippen LogP contribution in [0.1, 0.15) is 24.2 Å². The molecular formula is C13H15IO3. The fourth-order valence-electron chi connectivity index (χ4n) is 1.13. The Morgan fingerprint density at radius 1 is 1.47 bits per heavy atom.